The van der Waals surface area contributed by atoms with E-state index in [1.54, 1.807) is 48.4 Å². The summed E-state index contributed by atoms with van der Waals surface area (Å²) in [6.07, 6.45) is 3.03. The SMILES string of the molecule is Cc1c(N2C(=O)CSC2c2ccc(F)cc2)ccc(C(=O)O)c1C(C)CNC(=O)c1cccnc1. The van der Waals surface area contributed by atoms with Gasteiger partial charge in [0.25, 0.3) is 5.91 Å². The van der Waals surface area contributed by atoms with Crippen LogP contribution in [0.2, 0.25) is 0 Å². The molecule has 2 amide bonds. The average molecular weight is 494 g/mol. The Morgan fingerprint density at radius 3 is 2.63 bits per heavy atom. The van der Waals surface area contributed by atoms with Crippen LogP contribution in [0.4, 0.5) is 10.1 Å². The maximum absolute atomic E-state index is 13.5. The van der Waals surface area contributed by atoms with E-state index in [1.165, 1.54) is 36.2 Å². The van der Waals surface area contributed by atoms with Crippen LogP contribution in [0.25, 0.3) is 0 Å². The first-order chi connectivity index (χ1) is 16.8. The summed E-state index contributed by atoms with van der Waals surface area (Å²) < 4.78 is 13.5. The molecule has 7 nitrogen and oxygen atoms in total. The van der Waals surface area contributed by atoms with Gasteiger partial charge in [-0.15, -0.1) is 11.8 Å². The van der Waals surface area contributed by atoms with E-state index in [0.717, 1.165) is 5.56 Å². The molecule has 1 saturated heterocycles. The van der Waals surface area contributed by atoms with Crippen LogP contribution in [0.1, 0.15) is 55.6 Å². The Morgan fingerprint density at radius 2 is 1.97 bits per heavy atom. The molecule has 0 radical (unpaired) electrons. The summed E-state index contributed by atoms with van der Waals surface area (Å²) in [4.78, 5) is 43.0. The molecule has 4 rings (SSSR count). The maximum atomic E-state index is 13.5. The average Bonchev–Trinajstić information content (AvgIpc) is 3.24. The first-order valence-corrected chi connectivity index (χ1v) is 12.1. The van der Waals surface area contributed by atoms with E-state index < -0.39 is 5.97 Å². The van der Waals surface area contributed by atoms with Gasteiger partial charge in [-0.05, 0) is 65.9 Å². The van der Waals surface area contributed by atoms with Crippen molar-refractivity contribution >= 4 is 35.2 Å². The Balaban J connectivity index is 1.67. The van der Waals surface area contributed by atoms with Crippen molar-refractivity contribution in [2.75, 3.05) is 17.2 Å². The smallest absolute Gasteiger partial charge is 0.335 e. The molecule has 2 atom stereocenters. The topological polar surface area (TPSA) is 99.6 Å². The van der Waals surface area contributed by atoms with Gasteiger partial charge in [0.05, 0.1) is 16.9 Å². The van der Waals surface area contributed by atoms with Crippen molar-refractivity contribution in [2.24, 2.45) is 0 Å². The molecule has 1 fully saturated rings. The number of benzene rings is 2. The number of thioether (sulfide) groups is 1. The molecule has 180 valence electrons. The fraction of sp³-hybridized carbons (Fsp3) is 0.231. The lowest BCUT2D eigenvalue weighted by Crippen LogP contribution is -2.31. The molecule has 1 aliphatic heterocycles. The van der Waals surface area contributed by atoms with E-state index in [9.17, 15) is 23.9 Å². The van der Waals surface area contributed by atoms with E-state index in [1.807, 2.05) is 6.92 Å². The summed E-state index contributed by atoms with van der Waals surface area (Å²) in [5.74, 6) is -1.96. The molecule has 1 aromatic heterocycles. The van der Waals surface area contributed by atoms with Gasteiger partial charge in [-0.3, -0.25) is 19.5 Å². The molecule has 0 bridgehead atoms. The Morgan fingerprint density at radius 1 is 1.23 bits per heavy atom. The zero-order valence-electron chi connectivity index (χ0n) is 19.2. The number of amides is 2. The number of carboxylic acids is 1. The van der Waals surface area contributed by atoms with Crippen LogP contribution in [0.15, 0.2) is 60.9 Å². The van der Waals surface area contributed by atoms with Crippen molar-refractivity contribution in [1.29, 1.82) is 0 Å². The highest BCUT2D eigenvalue weighted by Gasteiger charge is 2.36. The molecule has 1 aliphatic rings. The van der Waals surface area contributed by atoms with Crippen LogP contribution in [-0.2, 0) is 4.79 Å². The van der Waals surface area contributed by atoms with E-state index in [2.05, 4.69) is 10.3 Å². The molecule has 35 heavy (non-hydrogen) atoms. The van der Waals surface area contributed by atoms with Gasteiger partial charge in [0.15, 0.2) is 0 Å². The van der Waals surface area contributed by atoms with Crippen LogP contribution < -0.4 is 10.2 Å². The number of carboxylic acid groups (broad SMARTS) is 1. The Bertz CT molecular complexity index is 1270. The predicted octanol–water partition coefficient (Wildman–Crippen LogP) is 4.54. The second-order valence-corrected chi connectivity index (χ2v) is 9.38. The summed E-state index contributed by atoms with van der Waals surface area (Å²) in [6.45, 7) is 3.82. The summed E-state index contributed by atoms with van der Waals surface area (Å²) >= 11 is 1.43. The summed E-state index contributed by atoms with van der Waals surface area (Å²) in [5.41, 5.74) is 3.10. The van der Waals surface area contributed by atoms with Crippen LogP contribution in [-0.4, -0.2) is 40.2 Å². The van der Waals surface area contributed by atoms with E-state index in [-0.39, 0.29) is 46.8 Å². The fourth-order valence-electron chi connectivity index (χ4n) is 4.31. The molecular formula is C26H24FN3O4S. The zero-order chi connectivity index (χ0) is 25.1. The number of hydrogen-bond donors (Lipinski definition) is 2. The quantitative estimate of drug-likeness (QED) is 0.501. The molecule has 0 saturated carbocycles. The maximum Gasteiger partial charge on any atom is 0.335 e. The summed E-state index contributed by atoms with van der Waals surface area (Å²) in [5, 5.41) is 12.3. The van der Waals surface area contributed by atoms with Gasteiger partial charge in [-0.2, -0.15) is 0 Å². The van der Waals surface area contributed by atoms with Crippen molar-refractivity contribution in [1.82, 2.24) is 10.3 Å². The fourth-order valence-corrected chi connectivity index (χ4v) is 5.47. The second kappa shape index (κ2) is 10.3. The van der Waals surface area contributed by atoms with Crippen LogP contribution >= 0.6 is 11.8 Å². The molecular weight excluding hydrogens is 469 g/mol. The van der Waals surface area contributed by atoms with Crippen LogP contribution in [0, 0.1) is 12.7 Å². The summed E-state index contributed by atoms with van der Waals surface area (Å²) in [7, 11) is 0. The number of aromatic nitrogens is 1. The first kappa shape index (κ1) is 24.4. The molecule has 9 heteroatoms. The predicted molar refractivity (Wildman–Crippen MR) is 132 cm³/mol. The van der Waals surface area contributed by atoms with Crippen molar-refractivity contribution in [3.8, 4) is 0 Å². The number of hydrogen-bond acceptors (Lipinski definition) is 5. The number of aromatic carboxylic acids is 1. The number of carbonyl (C=O) groups is 3. The molecule has 2 aromatic carbocycles. The minimum atomic E-state index is -1.09. The molecule has 2 heterocycles. The second-order valence-electron chi connectivity index (χ2n) is 8.31. The monoisotopic (exact) mass is 493 g/mol. The van der Waals surface area contributed by atoms with Crippen LogP contribution in [0.3, 0.4) is 0 Å². The normalized spacial score (nSPS) is 16.3. The molecule has 0 spiro atoms. The van der Waals surface area contributed by atoms with Gasteiger partial charge < -0.3 is 10.4 Å². The van der Waals surface area contributed by atoms with Gasteiger partial charge in [-0.1, -0.05) is 19.1 Å². The lowest BCUT2D eigenvalue weighted by atomic mass is 9.89. The Labute approximate surface area is 206 Å². The lowest BCUT2D eigenvalue weighted by Gasteiger charge is -2.29. The number of carbonyl (C=O) groups excluding carboxylic acids is 2. The highest BCUT2D eigenvalue weighted by Crippen LogP contribution is 2.44. The third kappa shape index (κ3) is 5.05. The van der Waals surface area contributed by atoms with Gasteiger partial charge in [-0.25, -0.2) is 9.18 Å². The highest BCUT2D eigenvalue weighted by molar-refractivity contribution is 8.00. The number of nitrogens with one attached hydrogen (secondary N) is 1. The largest absolute Gasteiger partial charge is 0.478 e. The molecule has 2 N–H and O–H groups in total. The molecule has 2 unspecified atom stereocenters. The van der Waals surface area contributed by atoms with Crippen molar-refractivity contribution in [3.05, 3.63) is 94.6 Å². The number of rotatable bonds is 7. The third-order valence-corrected chi connectivity index (χ3v) is 7.20. The van der Waals surface area contributed by atoms with E-state index in [0.29, 0.717) is 22.4 Å². The van der Waals surface area contributed by atoms with Crippen LogP contribution in [0.5, 0.6) is 0 Å². The van der Waals surface area contributed by atoms with Gasteiger partial charge in [0.1, 0.15) is 11.2 Å². The third-order valence-electron chi connectivity index (χ3n) is 5.98. The van der Waals surface area contributed by atoms with E-state index in [4.69, 9.17) is 0 Å². The Hall–Kier alpha value is -3.72. The summed E-state index contributed by atoms with van der Waals surface area (Å²) in [6, 6.07) is 12.5. The standard InChI is InChI=1S/C26H24FN3O4S/c1-15(12-29-24(32)18-4-3-11-28-13-18)23-16(2)21(10-9-20(23)26(33)34)30-22(31)14-35-25(30)17-5-7-19(27)8-6-17/h3-11,13,15,25H,12,14H2,1-2H3,(H,29,32)(H,33,34). The lowest BCUT2D eigenvalue weighted by molar-refractivity contribution is -0.115. The van der Waals surface area contributed by atoms with Gasteiger partial charge >= 0.3 is 5.97 Å². The number of halogens is 1. The van der Waals surface area contributed by atoms with Gasteiger partial charge in [0.2, 0.25) is 5.91 Å². The van der Waals surface area contributed by atoms with Crippen molar-refractivity contribution in [3.63, 3.8) is 0 Å². The number of nitrogens with zero attached hydrogens (tertiary/aromatic N) is 2. The molecule has 3 aromatic rings. The van der Waals surface area contributed by atoms with Crippen molar-refractivity contribution in [2.45, 2.75) is 25.1 Å². The van der Waals surface area contributed by atoms with Gasteiger partial charge in [0, 0.05) is 24.6 Å². The van der Waals surface area contributed by atoms with Crippen molar-refractivity contribution < 1.29 is 23.9 Å². The molecule has 0 aliphatic carbocycles. The van der Waals surface area contributed by atoms with E-state index >= 15 is 0 Å². The number of pyridine rings is 1. The first-order valence-electron chi connectivity index (χ1n) is 11.0. The minimum absolute atomic E-state index is 0.112. The highest BCUT2D eigenvalue weighted by atomic mass is 32.2. The zero-order valence-corrected chi connectivity index (χ0v) is 20.0. The number of anilines is 1. The Kier molecular flexibility index (Phi) is 7.16. The minimum Gasteiger partial charge on any atom is -0.478 e.